The van der Waals surface area contributed by atoms with Gasteiger partial charge < -0.3 is 10.2 Å². The third-order valence-electron chi connectivity index (χ3n) is 4.36. The number of likely N-dealkylation sites (tertiary alicyclic amines) is 1. The number of halogens is 3. The van der Waals surface area contributed by atoms with Gasteiger partial charge in [-0.3, -0.25) is 9.59 Å². The monoisotopic (exact) mass is 342 g/mol. The largest absolute Gasteiger partial charge is 0.416 e. The quantitative estimate of drug-likeness (QED) is 0.918. The molecule has 1 saturated heterocycles. The molecule has 0 bridgehead atoms. The normalized spacial score (nSPS) is 18.4. The van der Waals surface area contributed by atoms with Gasteiger partial charge in [0.05, 0.1) is 11.5 Å². The van der Waals surface area contributed by atoms with E-state index in [2.05, 4.69) is 5.32 Å². The molecule has 24 heavy (non-hydrogen) atoms. The summed E-state index contributed by atoms with van der Waals surface area (Å²) in [7, 11) is 0. The van der Waals surface area contributed by atoms with Gasteiger partial charge in [0.1, 0.15) is 0 Å². The van der Waals surface area contributed by atoms with E-state index >= 15 is 0 Å². The van der Waals surface area contributed by atoms with Crippen molar-refractivity contribution in [2.45, 2.75) is 39.4 Å². The number of hydrogen-bond donors (Lipinski definition) is 1. The predicted octanol–water partition coefficient (Wildman–Crippen LogP) is 2.89. The number of nitrogens with zero attached hydrogens (tertiary/aromatic N) is 1. The molecule has 0 spiro atoms. The first-order valence-electron chi connectivity index (χ1n) is 7.88. The number of rotatable bonds is 3. The van der Waals surface area contributed by atoms with Gasteiger partial charge in [0.2, 0.25) is 11.8 Å². The maximum absolute atomic E-state index is 12.7. The highest BCUT2D eigenvalue weighted by atomic mass is 19.4. The Bertz CT molecular complexity index is 629. The Hall–Kier alpha value is -2.05. The lowest BCUT2D eigenvalue weighted by atomic mass is 9.97. The molecule has 0 saturated carbocycles. The van der Waals surface area contributed by atoms with Crippen LogP contribution in [0, 0.1) is 12.8 Å². The fourth-order valence-electron chi connectivity index (χ4n) is 2.87. The number of carbonyl (C=O) groups is 2. The zero-order valence-corrected chi connectivity index (χ0v) is 13.7. The van der Waals surface area contributed by atoms with Crippen molar-refractivity contribution < 1.29 is 22.8 Å². The van der Waals surface area contributed by atoms with Crippen LogP contribution >= 0.6 is 0 Å². The molecule has 1 aromatic carbocycles. The van der Waals surface area contributed by atoms with Crippen LogP contribution in [0.15, 0.2) is 18.2 Å². The summed E-state index contributed by atoms with van der Waals surface area (Å²) in [5, 5.41) is 2.77. The zero-order valence-electron chi connectivity index (χ0n) is 13.7. The number of carbonyl (C=O) groups excluding carboxylic acids is 2. The first-order valence-corrected chi connectivity index (χ1v) is 7.88. The van der Waals surface area contributed by atoms with E-state index in [0.29, 0.717) is 30.6 Å². The second-order valence-corrected chi connectivity index (χ2v) is 6.16. The number of hydrogen-bond acceptors (Lipinski definition) is 2. The van der Waals surface area contributed by atoms with Crippen LogP contribution < -0.4 is 5.32 Å². The first kappa shape index (κ1) is 18.3. The van der Waals surface area contributed by atoms with Crippen LogP contribution in [0.4, 0.5) is 13.2 Å². The van der Waals surface area contributed by atoms with Crippen LogP contribution in [0.25, 0.3) is 0 Å². The number of nitrogens with one attached hydrogen (secondary N) is 1. The number of piperidine rings is 1. The summed E-state index contributed by atoms with van der Waals surface area (Å²) in [4.78, 5) is 25.3. The molecule has 132 valence electrons. The molecule has 7 heteroatoms. The standard InChI is InChI=1S/C17H21F3N2O2/c1-11-8-15(17(18,19)20)6-5-13(11)9-21-16(24)14-4-3-7-22(10-14)12(2)23/h5-6,8,14H,3-4,7,9-10H2,1-2H3,(H,21,24)/t14-/m0/s1. The second-order valence-electron chi connectivity index (χ2n) is 6.16. The van der Waals surface area contributed by atoms with Crippen LogP contribution in [0.3, 0.4) is 0 Å². The maximum atomic E-state index is 12.7. The topological polar surface area (TPSA) is 49.4 Å². The Morgan fingerprint density at radius 2 is 2.04 bits per heavy atom. The SMILES string of the molecule is CC(=O)N1CCC[C@H](C(=O)NCc2ccc(C(F)(F)F)cc2C)C1. The lowest BCUT2D eigenvalue weighted by molar-refractivity contribution is -0.138. The zero-order chi connectivity index (χ0) is 17.9. The summed E-state index contributed by atoms with van der Waals surface area (Å²) >= 11 is 0. The van der Waals surface area contributed by atoms with Crippen molar-refractivity contribution in [3.63, 3.8) is 0 Å². The van der Waals surface area contributed by atoms with Crippen molar-refractivity contribution in [2.75, 3.05) is 13.1 Å². The smallest absolute Gasteiger partial charge is 0.352 e. The molecule has 0 unspecified atom stereocenters. The summed E-state index contributed by atoms with van der Waals surface area (Å²) < 4.78 is 38.0. The minimum Gasteiger partial charge on any atom is -0.352 e. The third kappa shape index (κ3) is 4.49. The van der Waals surface area contributed by atoms with Gasteiger partial charge in [-0.15, -0.1) is 0 Å². The molecule has 1 fully saturated rings. The van der Waals surface area contributed by atoms with Crippen LogP contribution in [0.1, 0.15) is 36.5 Å². The Kier molecular flexibility index (Phi) is 5.51. The highest BCUT2D eigenvalue weighted by molar-refractivity contribution is 5.80. The third-order valence-corrected chi connectivity index (χ3v) is 4.36. The van der Waals surface area contributed by atoms with E-state index in [9.17, 15) is 22.8 Å². The van der Waals surface area contributed by atoms with Gasteiger partial charge in [-0.1, -0.05) is 6.07 Å². The number of aryl methyl sites for hydroxylation is 1. The van der Waals surface area contributed by atoms with E-state index in [0.717, 1.165) is 18.6 Å². The number of amides is 2. The Balaban J connectivity index is 1.95. The van der Waals surface area contributed by atoms with Crippen molar-refractivity contribution in [1.29, 1.82) is 0 Å². The van der Waals surface area contributed by atoms with E-state index in [4.69, 9.17) is 0 Å². The minimum atomic E-state index is -4.37. The second kappa shape index (κ2) is 7.23. The fourth-order valence-corrected chi connectivity index (χ4v) is 2.87. The van der Waals surface area contributed by atoms with E-state index in [-0.39, 0.29) is 24.3 Å². The van der Waals surface area contributed by atoms with Crippen molar-refractivity contribution >= 4 is 11.8 Å². The molecule has 2 rings (SSSR count). The Morgan fingerprint density at radius 1 is 1.33 bits per heavy atom. The van der Waals surface area contributed by atoms with Crippen LogP contribution in [-0.2, 0) is 22.3 Å². The van der Waals surface area contributed by atoms with E-state index < -0.39 is 11.7 Å². The Morgan fingerprint density at radius 3 is 2.62 bits per heavy atom. The van der Waals surface area contributed by atoms with Crippen molar-refractivity contribution in [1.82, 2.24) is 10.2 Å². The van der Waals surface area contributed by atoms with Gasteiger partial charge in [0.25, 0.3) is 0 Å². The fraction of sp³-hybridized carbons (Fsp3) is 0.529. The maximum Gasteiger partial charge on any atom is 0.416 e. The molecule has 1 aliphatic rings. The molecular formula is C17H21F3N2O2. The van der Waals surface area contributed by atoms with Gasteiger partial charge in [-0.05, 0) is 43.0 Å². The molecule has 0 aromatic heterocycles. The summed E-state index contributed by atoms with van der Waals surface area (Å²) in [6.07, 6.45) is -2.89. The predicted molar refractivity (Wildman–Crippen MR) is 83.0 cm³/mol. The molecular weight excluding hydrogens is 321 g/mol. The molecule has 2 amide bonds. The first-order chi connectivity index (χ1) is 11.2. The molecule has 1 N–H and O–H groups in total. The summed E-state index contributed by atoms with van der Waals surface area (Å²) in [5.74, 6) is -0.483. The number of benzene rings is 1. The molecule has 0 radical (unpaired) electrons. The summed E-state index contributed by atoms with van der Waals surface area (Å²) in [6, 6.07) is 3.49. The van der Waals surface area contributed by atoms with Crippen LogP contribution in [-0.4, -0.2) is 29.8 Å². The van der Waals surface area contributed by atoms with Gasteiger partial charge in [0, 0.05) is 26.6 Å². The van der Waals surface area contributed by atoms with Gasteiger partial charge >= 0.3 is 6.18 Å². The lowest BCUT2D eigenvalue weighted by Crippen LogP contribution is -2.44. The summed E-state index contributed by atoms with van der Waals surface area (Å²) in [5.41, 5.74) is 0.439. The molecule has 4 nitrogen and oxygen atoms in total. The van der Waals surface area contributed by atoms with Gasteiger partial charge in [-0.2, -0.15) is 13.2 Å². The average Bonchev–Trinajstić information content (AvgIpc) is 2.52. The highest BCUT2D eigenvalue weighted by Crippen LogP contribution is 2.30. The van der Waals surface area contributed by atoms with Crippen molar-refractivity contribution in [2.24, 2.45) is 5.92 Å². The van der Waals surface area contributed by atoms with E-state index in [1.165, 1.54) is 13.0 Å². The van der Waals surface area contributed by atoms with Crippen molar-refractivity contribution in [3.8, 4) is 0 Å². The molecule has 0 aliphatic carbocycles. The van der Waals surface area contributed by atoms with Crippen LogP contribution in [0.5, 0.6) is 0 Å². The van der Waals surface area contributed by atoms with Gasteiger partial charge in [0.15, 0.2) is 0 Å². The highest BCUT2D eigenvalue weighted by Gasteiger charge is 2.31. The van der Waals surface area contributed by atoms with E-state index in [1.807, 2.05) is 0 Å². The lowest BCUT2D eigenvalue weighted by Gasteiger charge is -2.31. The number of alkyl halides is 3. The Labute approximate surface area is 139 Å². The molecule has 1 aliphatic heterocycles. The average molecular weight is 342 g/mol. The van der Waals surface area contributed by atoms with Crippen LogP contribution in [0.2, 0.25) is 0 Å². The molecule has 1 heterocycles. The van der Waals surface area contributed by atoms with Gasteiger partial charge in [-0.25, -0.2) is 0 Å². The molecule has 1 aromatic rings. The van der Waals surface area contributed by atoms with E-state index in [1.54, 1.807) is 11.8 Å². The van der Waals surface area contributed by atoms with Crippen molar-refractivity contribution in [3.05, 3.63) is 34.9 Å². The molecule has 1 atom stereocenters. The summed E-state index contributed by atoms with van der Waals surface area (Å²) in [6.45, 7) is 4.31. The minimum absolute atomic E-state index is 0.0499.